The van der Waals surface area contributed by atoms with E-state index in [1.807, 2.05) is 0 Å². The summed E-state index contributed by atoms with van der Waals surface area (Å²) in [6, 6.07) is 2.82. The van der Waals surface area contributed by atoms with Gasteiger partial charge in [-0.05, 0) is 12.8 Å². The van der Waals surface area contributed by atoms with E-state index < -0.39 is 0 Å². The molecule has 0 bridgehead atoms. The summed E-state index contributed by atoms with van der Waals surface area (Å²) in [6.07, 6.45) is 4.71. The van der Waals surface area contributed by atoms with Crippen LogP contribution in [-0.2, 0) is 0 Å². The number of ether oxygens (including phenoxy) is 1. The minimum Gasteiger partial charge on any atom is -0.495 e. The molecule has 2 rings (SSSR count). The highest BCUT2D eigenvalue weighted by atomic mass is 19.1. The third-order valence-electron chi connectivity index (χ3n) is 3.09. The van der Waals surface area contributed by atoms with Crippen LogP contribution < -0.4 is 10.5 Å². The highest BCUT2D eigenvalue weighted by molar-refractivity contribution is 5.57. The lowest BCUT2D eigenvalue weighted by Gasteiger charge is -2.05. The third kappa shape index (κ3) is 2.71. The summed E-state index contributed by atoms with van der Waals surface area (Å²) in [7, 11) is 1.51. The normalized spacial score (nSPS) is 15.4. The van der Waals surface area contributed by atoms with Gasteiger partial charge < -0.3 is 10.5 Å². The quantitative estimate of drug-likeness (QED) is 0.598. The maximum atomic E-state index is 13.6. The van der Waals surface area contributed by atoms with E-state index >= 15 is 0 Å². The SMILES string of the molecule is COc1cc(C#CC2CCCC2)c(F)cc1N. The molecule has 3 heteroatoms. The van der Waals surface area contributed by atoms with Gasteiger partial charge >= 0.3 is 0 Å². The molecule has 2 N–H and O–H groups in total. The highest BCUT2D eigenvalue weighted by Crippen LogP contribution is 2.26. The summed E-state index contributed by atoms with van der Waals surface area (Å²) < 4.78 is 18.7. The first-order valence-electron chi connectivity index (χ1n) is 5.85. The molecule has 90 valence electrons. The monoisotopic (exact) mass is 233 g/mol. The summed E-state index contributed by atoms with van der Waals surface area (Å²) in [6.45, 7) is 0. The van der Waals surface area contributed by atoms with E-state index in [0.29, 0.717) is 22.9 Å². The van der Waals surface area contributed by atoms with Gasteiger partial charge in [-0.15, -0.1) is 0 Å². The van der Waals surface area contributed by atoms with Gasteiger partial charge in [-0.1, -0.05) is 24.7 Å². The molecule has 0 radical (unpaired) electrons. The number of methoxy groups -OCH3 is 1. The average molecular weight is 233 g/mol. The molecular formula is C14H16FNO. The molecule has 1 fully saturated rings. The highest BCUT2D eigenvalue weighted by Gasteiger charge is 2.12. The van der Waals surface area contributed by atoms with E-state index in [9.17, 15) is 4.39 Å². The molecular weight excluding hydrogens is 217 g/mol. The van der Waals surface area contributed by atoms with Crippen LogP contribution in [0.2, 0.25) is 0 Å². The van der Waals surface area contributed by atoms with Gasteiger partial charge in [0.1, 0.15) is 11.6 Å². The van der Waals surface area contributed by atoms with Crippen molar-refractivity contribution in [1.29, 1.82) is 0 Å². The standard InChI is InChI=1S/C14H16FNO/c1-17-14-8-11(12(15)9-13(14)16)7-6-10-4-2-3-5-10/h8-10H,2-5,16H2,1H3. The van der Waals surface area contributed by atoms with Crippen molar-refractivity contribution in [3.63, 3.8) is 0 Å². The first kappa shape index (κ1) is 11.8. The predicted octanol–water partition coefficient (Wildman–Crippen LogP) is 2.96. The first-order valence-corrected chi connectivity index (χ1v) is 5.85. The third-order valence-corrected chi connectivity index (χ3v) is 3.09. The number of hydrogen-bond acceptors (Lipinski definition) is 2. The van der Waals surface area contributed by atoms with Crippen LogP contribution in [0.1, 0.15) is 31.2 Å². The number of nitrogens with two attached hydrogens (primary N) is 1. The summed E-state index contributed by atoms with van der Waals surface area (Å²) >= 11 is 0. The van der Waals surface area contributed by atoms with Crippen LogP contribution in [0, 0.1) is 23.6 Å². The molecule has 2 nitrogen and oxygen atoms in total. The lowest BCUT2D eigenvalue weighted by atomic mass is 10.1. The molecule has 17 heavy (non-hydrogen) atoms. The van der Waals surface area contributed by atoms with Gasteiger partial charge in [0.15, 0.2) is 0 Å². The molecule has 0 spiro atoms. The Labute approximate surface area is 101 Å². The van der Waals surface area contributed by atoms with Crippen molar-refractivity contribution in [3.05, 3.63) is 23.5 Å². The zero-order valence-electron chi connectivity index (χ0n) is 9.92. The van der Waals surface area contributed by atoms with Crippen molar-refractivity contribution >= 4 is 5.69 Å². The number of hydrogen-bond donors (Lipinski definition) is 1. The second-order valence-corrected chi connectivity index (χ2v) is 4.32. The fraction of sp³-hybridized carbons (Fsp3) is 0.429. The maximum absolute atomic E-state index is 13.6. The Morgan fingerprint density at radius 1 is 1.35 bits per heavy atom. The number of anilines is 1. The van der Waals surface area contributed by atoms with Crippen LogP contribution in [0.4, 0.5) is 10.1 Å². The van der Waals surface area contributed by atoms with E-state index in [2.05, 4.69) is 11.8 Å². The molecule has 1 aromatic carbocycles. The average Bonchev–Trinajstić information content (AvgIpc) is 2.81. The van der Waals surface area contributed by atoms with Crippen LogP contribution in [0.3, 0.4) is 0 Å². The van der Waals surface area contributed by atoms with Crippen molar-refractivity contribution in [1.82, 2.24) is 0 Å². The summed E-state index contributed by atoms with van der Waals surface area (Å²) in [5, 5.41) is 0. The molecule has 1 aromatic rings. The maximum Gasteiger partial charge on any atom is 0.143 e. The van der Waals surface area contributed by atoms with E-state index in [0.717, 1.165) is 12.8 Å². The summed E-state index contributed by atoms with van der Waals surface area (Å²) in [5.74, 6) is 6.53. The van der Waals surface area contributed by atoms with Crippen molar-refractivity contribution < 1.29 is 9.13 Å². The molecule has 0 saturated heterocycles. The van der Waals surface area contributed by atoms with Crippen LogP contribution in [0.25, 0.3) is 0 Å². The van der Waals surface area contributed by atoms with Crippen molar-refractivity contribution in [2.24, 2.45) is 5.92 Å². The smallest absolute Gasteiger partial charge is 0.143 e. The Hall–Kier alpha value is -1.69. The Morgan fingerprint density at radius 2 is 2.06 bits per heavy atom. The topological polar surface area (TPSA) is 35.2 Å². The number of rotatable bonds is 1. The molecule has 1 aliphatic rings. The van der Waals surface area contributed by atoms with Crippen molar-refractivity contribution in [2.75, 3.05) is 12.8 Å². The zero-order valence-corrected chi connectivity index (χ0v) is 9.92. The van der Waals surface area contributed by atoms with Gasteiger partial charge in [-0.3, -0.25) is 0 Å². The molecule has 0 atom stereocenters. The molecule has 0 unspecified atom stereocenters. The Balaban J connectivity index is 2.25. The largest absolute Gasteiger partial charge is 0.495 e. The molecule has 1 saturated carbocycles. The Kier molecular flexibility index (Phi) is 3.53. The second-order valence-electron chi connectivity index (χ2n) is 4.32. The number of benzene rings is 1. The zero-order chi connectivity index (χ0) is 12.3. The van der Waals surface area contributed by atoms with E-state index in [1.165, 1.54) is 26.0 Å². The molecule has 0 aliphatic heterocycles. The molecule has 0 amide bonds. The summed E-state index contributed by atoms with van der Waals surface area (Å²) in [4.78, 5) is 0. The van der Waals surface area contributed by atoms with Crippen LogP contribution in [0.5, 0.6) is 5.75 Å². The lowest BCUT2D eigenvalue weighted by molar-refractivity contribution is 0.416. The molecule has 0 aromatic heterocycles. The van der Waals surface area contributed by atoms with Crippen LogP contribution in [-0.4, -0.2) is 7.11 Å². The Morgan fingerprint density at radius 3 is 2.71 bits per heavy atom. The van der Waals surface area contributed by atoms with Crippen molar-refractivity contribution in [2.45, 2.75) is 25.7 Å². The number of nitrogen functional groups attached to an aromatic ring is 1. The van der Waals surface area contributed by atoms with Gasteiger partial charge in [0.2, 0.25) is 0 Å². The fourth-order valence-electron chi connectivity index (χ4n) is 2.09. The lowest BCUT2D eigenvalue weighted by Crippen LogP contribution is -1.96. The molecule has 0 heterocycles. The number of halogens is 1. The van der Waals surface area contributed by atoms with Gasteiger partial charge in [-0.25, -0.2) is 4.39 Å². The van der Waals surface area contributed by atoms with Crippen LogP contribution in [0.15, 0.2) is 12.1 Å². The van der Waals surface area contributed by atoms with Crippen molar-refractivity contribution in [3.8, 4) is 17.6 Å². The van der Waals surface area contributed by atoms with Gasteiger partial charge in [-0.2, -0.15) is 0 Å². The predicted molar refractivity (Wildman–Crippen MR) is 66.2 cm³/mol. The van der Waals surface area contributed by atoms with Gasteiger partial charge in [0.25, 0.3) is 0 Å². The van der Waals surface area contributed by atoms with E-state index in [1.54, 1.807) is 6.07 Å². The fourth-order valence-corrected chi connectivity index (χ4v) is 2.09. The van der Waals surface area contributed by atoms with Gasteiger partial charge in [0.05, 0.1) is 18.4 Å². The molecule has 1 aliphatic carbocycles. The van der Waals surface area contributed by atoms with E-state index in [-0.39, 0.29) is 5.82 Å². The first-order chi connectivity index (χ1) is 8.20. The minimum absolute atomic E-state index is 0.302. The van der Waals surface area contributed by atoms with E-state index in [4.69, 9.17) is 10.5 Å². The summed E-state index contributed by atoms with van der Waals surface area (Å²) in [5.41, 5.74) is 6.27. The Bertz CT molecular complexity index is 467. The minimum atomic E-state index is -0.381. The second kappa shape index (κ2) is 5.09. The van der Waals surface area contributed by atoms with Crippen LogP contribution >= 0.6 is 0 Å². The van der Waals surface area contributed by atoms with Gasteiger partial charge in [0, 0.05) is 18.1 Å².